The maximum Gasteiger partial charge on any atom is 0.253 e. The van der Waals surface area contributed by atoms with Crippen LogP contribution in [0.5, 0.6) is 5.75 Å². The van der Waals surface area contributed by atoms with Crippen molar-refractivity contribution in [3.05, 3.63) is 57.6 Å². The molecule has 0 unspecified atom stereocenters. The maximum atomic E-state index is 12.0. The van der Waals surface area contributed by atoms with Gasteiger partial charge in [0.25, 0.3) is 5.91 Å². The number of hydrogen-bond donors (Lipinski definition) is 3. The van der Waals surface area contributed by atoms with E-state index < -0.39 is 0 Å². The average molecular weight is 311 g/mol. The molecular weight excluding hydrogens is 299 g/mol. The molecule has 0 aliphatic carbocycles. The number of benzene rings is 2. The lowest BCUT2D eigenvalue weighted by Gasteiger charge is -2.09. The van der Waals surface area contributed by atoms with Crippen molar-refractivity contribution in [2.75, 3.05) is 5.73 Å². The van der Waals surface area contributed by atoms with E-state index in [1.165, 1.54) is 12.1 Å². The Labute approximate surface area is 126 Å². The van der Waals surface area contributed by atoms with Crippen molar-refractivity contribution < 1.29 is 9.90 Å². The highest BCUT2D eigenvalue weighted by molar-refractivity contribution is 6.40. The lowest BCUT2D eigenvalue weighted by atomic mass is 10.1. The molecular formula is C14H12Cl2N2O2. The Hall–Kier alpha value is -1.91. The molecule has 2 rings (SSSR count). The van der Waals surface area contributed by atoms with E-state index >= 15 is 0 Å². The van der Waals surface area contributed by atoms with E-state index in [1.807, 2.05) is 0 Å². The molecule has 1 amide bonds. The highest BCUT2D eigenvalue weighted by Gasteiger charge is 2.14. The van der Waals surface area contributed by atoms with Crippen LogP contribution in [0.4, 0.5) is 5.69 Å². The zero-order valence-electron chi connectivity index (χ0n) is 10.4. The van der Waals surface area contributed by atoms with Gasteiger partial charge < -0.3 is 16.2 Å². The normalized spacial score (nSPS) is 10.3. The van der Waals surface area contributed by atoms with Crippen molar-refractivity contribution in [1.29, 1.82) is 0 Å². The molecule has 0 aliphatic rings. The summed E-state index contributed by atoms with van der Waals surface area (Å²) in [7, 11) is 0. The Balaban J connectivity index is 2.11. The summed E-state index contributed by atoms with van der Waals surface area (Å²) in [5, 5.41) is 12.5. The number of anilines is 1. The first-order chi connectivity index (χ1) is 9.49. The van der Waals surface area contributed by atoms with Gasteiger partial charge in [-0.05, 0) is 29.8 Å². The van der Waals surface area contributed by atoms with Crippen LogP contribution in [0.3, 0.4) is 0 Å². The van der Waals surface area contributed by atoms with Crippen molar-refractivity contribution >= 4 is 34.8 Å². The summed E-state index contributed by atoms with van der Waals surface area (Å²) in [5.41, 5.74) is 6.88. The fourth-order valence-corrected chi connectivity index (χ4v) is 2.15. The van der Waals surface area contributed by atoms with Crippen LogP contribution in [-0.2, 0) is 6.54 Å². The molecule has 2 aromatic carbocycles. The van der Waals surface area contributed by atoms with E-state index in [0.29, 0.717) is 5.02 Å². The number of nitrogens with two attached hydrogens (primary N) is 1. The molecule has 0 atom stereocenters. The highest BCUT2D eigenvalue weighted by Crippen LogP contribution is 2.30. The summed E-state index contributed by atoms with van der Waals surface area (Å²) in [6, 6.07) is 9.65. The van der Waals surface area contributed by atoms with Gasteiger partial charge in [0.2, 0.25) is 0 Å². The zero-order valence-corrected chi connectivity index (χ0v) is 11.9. The van der Waals surface area contributed by atoms with Crippen LogP contribution in [0.15, 0.2) is 36.4 Å². The third-order valence-corrected chi connectivity index (χ3v) is 3.47. The van der Waals surface area contributed by atoms with Crippen LogP contribution in [0.2, 0.25) is 10.0 Å². The number of carbonyl (C=O) groups is 1. The van der Waals surface area contributed by atoms with Crippen LogP contribution in [0, 0.1) is 0 Å². The fraction of sp³-hybridized carbons (Fsp3) is 0.0714. The summed E-state index contributed by atoms with van der Waals surface area (Å²) in [5.74, 6) is -0.216. The molecule has 0 spiro atoms. The van der Waals surface area contributed by atoms with Gasteiger partial charge in [-0.3, -0.25) is 4.79 Å². The summed E-state index contributed by atoms with van der Waals surface area (Å²) < 4.78 is 0. The van der Waals surface area contributed by atoms with E-state index in [2.05, 4.69) is 5.32 Å². The van der Waals surface area contributed by atoms with Crippen molar-refractivity contribution in [2.45, 2.75) is 6.54 Å². The standard InChI is InChI=1S/C14H12Cl2N2O2/c15-11-5-4-10(12(16)13(11)17)14(20)18-7-8-2-1-3-9(19)6-8/h1-6,19H,7,17H2,(H,18,20). The second kappa shape index (κ2) is 6.03. The van der Waals surface area contributed by atoms with E-state index in [4.69, 9.17) is 28.9 Å². The van der Waals surface area contributed by atoms with Gasteiger partial charge in [-0.2, -0.15) is 0 Å². The molecule has 0 radical (unpaired) electrons. The van der Waals surface area contributed by atoms with Gasteiger partial charge in [-0.25, -0.2) is 0 Å². The molecule has 6 heteroatoms. The van der Waals surface area contributed by atoms with Gasteiger partial charge in [0.15, 0.2) is 0 Å². The highest BCUT2D eigenvalue weighted by atomic mass is 35.5. The van der Waals surface area contributed by atoms with Crippen LogP contribution in [0.25, 0.3) is 0 Å². The average Bonchev–Trinajstić information content (AvgIpc) is 2.42. The molecule has 0 aromatic heterocycles. The van der Waals surface area contributed by atoms with Gasteiger partial charge >= 0.3 is 0 Å². The fourth-order valence-electron chi connectivity index (χ4n) is 1.69. The van der Waals surface area contributed by atoms with Crippen LogP contribution in [0.1, 0.15) is 15.9 Å². The number of phenolic OH excluding ortho intramolecular Hbond substituents is 1. The van der Waals surface area contributed by atoms with E-state index in [-0.39, 0.29) is 34.5 Å². The first kappa shape index (κ1) is 14.5. The first-order valence-electron chi connectivity index (χ1n) is 5.78. The number of halogens is 2. The molecule has 0 aliphatic heterocycles. The number of carbonyl (C=O) groups excluding carboxylic acids is 1. The van der Waals surface area contributed by atoms with Crippen molar-refractivity contribution in [3.63, 3.8) is 0 Å². The van der Waals surface area contributed by atoms with Gasteiger partial charge in [-0.1, -0.05) is 35.3 Å². The predicted octanol–water partition coefficient (Wildman–Crippen LogP) is 3.21. The second-order valence-corrected chi connectivity index (χ2v) is 4.96. The third kappa shape index (κ3) is 3.15. The molecule has 4 nitrogen and oxygen atoms in total. The summed E-state index contributed by atoms with van der Waals surface area (Å²) in [6.45, 7) is 0.270. The monoisotopic (exact) mass is 310 g/mol. The van der Waals surface area contributed by atoms with E-state index in [9.17, 15) is 9.90 Å². The Bertz CT molecular complexity index is 660. The second-order valence-electron chi connectivity index (χ2n) is 4.18. The predicted molar refractivity (Wildman–Crippen MR) is 80.2 cm³/mol. The molecule has 0 saturated carbocycles. The van der Waals surface area contributed by atoms with Gasteiger partial charge in [-0.15, -0.1) is 0 Å². The Morgan fingerprint density at radius 3 is 2.70 bits per heavy atom. The molecule has 0 bridgehead atoms. The molecule has 2 aromatic rings. The maximum absolute atomic E-state index is 12.0. The SMILES string of the molecule is Nc1c(Cl)ccc(C(=O)NCc2cccc(O)c2)c1Cl. The molecule has 20 heavy (non-hydrogen) atoms. The summed E-state index contributed by atoms with van der Waals surface area (Å²) in [6.07, 6.45) is 0. The van der Waals surface area contributed by atoms with Crippen molar-refractivity contribution in [2.24, 2.45) is 0 Å². The number of nitrogens with one attached hydrogen (secondary N) is 1. The minimum absolute atomic E-state index is 0.130. The quantitative estimate of drug-likeness (QED) is 0.762. The van der Waals surface area contributed by atoms with E-state index in [1.54, 1.807) is 24.3 Å². The van der Waals surface area contributed by atoms with Crippen molar-refractivity contribution in [1.82, 2.24) is 5.32 Å². The third-order valence-electron chi connectivity index (χ3n) is 2.73. The lowest BCUT2D eigenvalue weighted by molar-refractivity contribution is 0.0951. The van der Waals surface area contributed by atoms with Gasteiger partial charge in [0.1, 0.15) is 5.75 Å². The molecule has 104 valence electrons. The van der Waals surface area contributed by atoms with E-state index in [0.717, 1.165) is 5.56 Å². The number of amides is 1. The van der Waals surface area contributed by atoms with Gasteiger partial charge in [0, 0.05) is 6.54 Å². The minimum atomic E-state index is -0.360. The summed E-state index contributed by atoms with van der Waals surface area (Å²) in [4.78, 5) is 12.0. The number of hydrogen-bond acceptors (Lipinski definition) is 3. The zero-order chi connectivity index (χ0) is 14.7. The van der Waals surface area contributed by atoms with Crippen molar-refractivity contribution in [3.8, 4) is 5.75 Å². The minimum Gasteiger partial charge on any atom is -0.508 e. The van der Waals surface area contributed by atoms with Crippen LogP contribution < -0.4 is 11.1 Å². The molecule has 0 fully saturated rings. The Kier molecular flexibility index (Phi) is 4.37. The topological polar surface area (TPSA) is 75.4 Å². The first-order valence-corrected chi connectivity index (χ1v) is 6.54. The number of nitrogen functional groups attached to an aromatic ring is 1. The summed E-state index contributed by atoms with van der Waals surface area (Å²) >= 11 is 11.8. The largest absolute Gasteiger partial charge is 0.508 e. The smallest absolute Gasteiger partial charge is 0.253 e. The number of rotatable bonds is 3. The van der Waals surface area contributed by atoms with Crippen LogP contribution >= 0.6 is 23.2 Å². The molecule has 0 saturated heterocycles. The lowest BCUT2D eigenvalue weighted by Crippen LogP contribution is -2.23. The number of phenols is 1. The Morgan fingerprint density at radius 1 is 1.25 bits per heavy atom. The molecule has 0 heterocycles. The molecule has 4 N–H and O–H groups in total. The van der Waals surface area contributed by atoms with Gasteiger partial charge in [0.05, 0.1) is 21.3 Å². The number of aromatic hydroxyl groups is 1. The van der Waals surface area contributed by atoms with Crippen LogP contribution in [-0.4, -0.2) is 11.0 Å². The Morgan fingerprint density at radius 2 is 2.00 bits per heavy atom.